The molecule has 2 aliphatic carbocycles. The maximum absolute atomic E-state index is 10.2. The van der Waals surface area contributed by atoms with Crippen LogP contribution >= 0.6 is 0 Å². The summed E-state index contributed by atoms with van der Waals surface area (Å²) in [6.07, 6.45) is 3.30. The molecule has 3 aromatic rings. The SMILES string of the molecule is CC1(C)CC2CC(C)(C)C(O)C2C1O.Cc1c[c-]c(-c2nccc3ccccc23)cc1.[Ir]. The maximum atomic E-state index is 10.2. The quantitative estimate of drug-likeness (QED) is 0.343. The Balaban J connectivity index is 0.000000178. The van der Waals surface area contributed by atoms with E-state index in [0.29, 0.717) is 5.92 Å². The molecule has 0 bridgehead atoms. The van der Waals surface area contributed by atoms with E-state index >= 15 is 0 Å². The molecule has 3 nitrogen and oxygen atoms in total. The largest absolute Gasteiger partial charge is 0.392 e. The van der Waals surface area contributed by atoms with Crippen LogP contribution in [0.25, 0.3) is 22.0 Å². The average Bonchev–Trinajstić information content (AvgIpc) is 3.08. The molecule has 2 aliphatic rings. The Bertz CT molecular complexity index is 1030. The predicted molar refractivity (Wildman–Crippen MR) is 127 cm³/mol. The van der Waals surface area contributed by atoms with Gasteiger partial charge in [0.25, 0.3) is 0 Å². The zero-order valence-corrected chi connectivity index (χ0v) is 22.0. The number of hydrogen-bond donors (Lipinski definition) is 2. The van der Waals surface area contributed by atoms with Gasteiger partial charge in [0.15, 0.2) is 0 Å². The number of aliphatic hydroxyl groups is 2. The number of nitrogens with zero attached hydrogens (tertiary/aromatic N) is 1. The third-order valence-electron chi connectivity index (χ3n) is 7.35. The number of aromatic nitrogens is 1. The summed E-state index contributed by atoms with van der Waals surface area (Å²) in [5.74, 6) is 0.630. The van der Waals surface area contributed by atoms with E-state index < -0.39 is 0 Å². The normalized spacial score (nSPS) is 27.2. The van der Waals surface area contributed by atoms with E-state index in [-0.39, 0.29) is 49.1 Å². The zero-order chi connectivity index (χ0) is 22.4. The van der Waals surface area contributed by atoms with Gasteiger partial charge < -0.3 is 15.2 Å². The van der Waals surface area contributed by atoms with Crippen molar-refractivity contribution in [2.75, 3.05) is 0 Å². The summed E-state index contributed by atoms with van der Waals surface area (Å²) in [7, 11) is 0. The van der Waals surface area contributed by atoms with Gasteiger partial charge in [0.1, 0.15) is 0 Å². The van der Waals surface area contributed by atoms with Crippen LogP contribution in [0.1, 0.15) is 46.1 Å². The van der Waals surface area contributed by atoms with E-state index in [0.717, 1.165) is 24.1 Å². The van der Waals surface area contributed by atoms with Gasteiger partial charge >= 0.3 is 0 Å². The van der Waals surface area contributed by atoms with Gasteiger partial charge in [0, 0.05) is 32.2 Å². The molecule has 2 saturated carbocycles. The summed E-state index contributed by atoms with van der Waals surface area (Å²) >= 11 is 0. The Morgan fingerprint density at radius 1 is 0.906 bits per heavy atom. The van der Waals surface area contributed by atoms with Gasteiger partial charge in [-0.3, -0.25) is 0 Å². The molecule has 2 N–H and O–H groups in total. The minimum Gasteiger partial charge on any atom is -0.392 e. The van der Waals surface area contributed by atoms with Crippen LogP contribution in [0.2, 0.25) is 0 Å². The van der Waals surface area contributed by atoms with Crippen LogP contribution in [0.15, 0.2) is 54.7 Å². The van der Waals surface area contributed by atoms with Gasteiger partial charge in [-0.25, -0.2) is 0 Å². The summed E-state index contributed by atoms with van der Waals surface area (Å²) in [4.78, 5) is 4.48. The van der Waals surface area contributed by atoms with Crippen molar-refractivity contribution in [1.29, 1.82) is 0 Å². The molecule has 32 heavy (non-hydrogen) atoms. The molecule has 5 rings (SSSR count). The first-order chi connectivity index (χ1) is 14.6. The maximum Gasteiger partial charge on any atom is 0.0646 e. The third-order valence-corrected chi connectivity index (χ3v) is 7.35. The molecule has 0 amide bonds. The second kappa shape index (κ2) is 9.35. The number of pyridine rings is 1. The fraction of sp³-hybridized carbons (Fsp3) is 0.464. The molecule has 2 fully saturated rings. The van der Waals surface area contributed by atoms with Gasteiger partial charge in [0.05, 0.1) is 12.2 Å². The Morgan fingerprint density at radius 3 is 2.09 bits per heavy atom. The molecule has 1 radical (unpaired) electrons. The summed E-state index contributed by atoms with van der Waals surface area (Å²) in [5.41, 5.74) is 3.25. The van der Waals surface area contributed by atoms with E-state index in [1.807, 2.05) is 30.5 Å². The van der Waals surface area contributed by atoms with E-state index in [4.69, 9.17) is 0 Å². The van der Waals surface area contributed by atoms with Gasteiger partial charge in [-0.05, 0) is 52.1 Å². The number of benzene rings is 2. The first kappa shape index (κ1) is 25.0. The van der Waals surface area contributed by atoms with Crippen molar-refractivity contribution in [2.45, 2.75) is 59.7 Å². The topological polar surface area (TPSA) is 53.4 Å². The van der Waals surface area contributed by atoms with Crippen LogP contribution in [0.3, 0.4) is 0 Å². The fourth-order valence-electron chi connectivity index (χ4n) is 5.65. The van der Waals surface area contributed by atoms with Gasteiger partial charge in [-0.15, -0.1) is 35.4 Å². The number of hydrogen-bond acceptors (Lipinski definition) is 3. The molecular formula is C28H34IrNO2-. The summed E-state index contributed by atoms with van der Waals surface area (Å²) in [6.45, 7) is 10.5. The summed E-state index contributed by atoms with van der Waals surface area (Å²) in [5, 5.41) is 22.7. The third kappa shape index (κ3) is 4.70. The van der Waals surface area contributed by atoms with Crippen LogP contribution in [-0.4, -0.2) is 27.4 Å². The van der Waals surface area contributed by atoms with Gasteiger partial charge in [-0.2, -0.15) is 0 Å². The molecule has 2 atom stereocenters. The Kier molecular flexibility index (Phi) is 7.32. The van der Waals surface area contributed by atoms with Crippen LogP contribution in [-0.2, 0) is 20.1 Å². The fourth-order valence-corrected chi connectivity index (χ4v) is 5.65. The predicted octanol–water partition coefficient (Wildman–Crippen LogP) is 5.81. The minimum atomic E-state index is -0.329. The van der Waals surface area contributed by atoms with Gasteiger partial charge in [-0.1, -0.05) is 58.9 Å². The first-order valence-corrected chi connectivity index (χ1v) is 11.3. The monoisotopic (exact) mass is 609 g/mol. The molecule has 4 heteroatoms. The van der Waals surface area contributed by atoms with Crippen molar-refractivity contribution in [3.8, 4) is 11.3 Å². The first-order valence-electron chi connectivity index (χ1n) is 11.3. The second-order valence-electron chi connectivity index (χ2n) is 10.8. The zero-order valence-electron chi connectivity index (χ0n) is 19.6. The number of rotatable bonds is 1. The summed E-state index contributed by atoms with van der Waals surface area (Å²) in [6, 6.07) is 19.8. The van der Waals surface area contributed by atoms with Gasteiger partial charge in [0.2, 0.25) is 0 Å². The Hall–Kier alpha value is -1.58. The average molecular weight is 609 g/mol. The molecule has 0 aliphatic heterocycles. The Labute approximate surface area is 205 Å². The molecule has 0 saturated heterocycles. The number of aryl methyl sites for hydroxylation is 1. The van der Waals surface area contributed by atoms with Crippen molar-refractivity contribution in [3.05, 3.63) is 66.4 Å². The van der Waals surface area contributed by atoms with E-state index in [1.165, 1.54) is 16.3 Å². The van der Waals surface area contributed by atoms with Crippen molar-refractivity contribution < 1.29 is 30.3 Å². The van der Waals surface area contributed by atoms with Crippen molar-refractivity contribution in [3.63, 3.8) is 0 Å². The van der Waals surface area contributed by atoms with Crippen LogP contribution in [0.5, 0.6) is 0 Å². The molecule has 1 heterocycles. The van der Waals surface area contributed by atoms with Crippen molar-refractivity contribution in [1.82, 2.24) is 4.98 Å². The standard InChI is InChI=1S/C16H12N.C12H22O2.Ir/c1-12-6-8-14(9-7-12)16-15-5-3-2-4-13(15)10-11-17-16;1-11(2)5-7-6-12(3,4)10(14)8(7)9(11)13;/h2-8,10-11H,1H3;7-10,13-14H,5-6H2,1-4H3;/q-1;;. The number of aliphatic hydroxyl groups excluding tert-OH is 2. The molecule has 1 aromatic heterocycles. The molecular weight excluding hydrogens is 575 g/mol. The Morgan fingerprint density at radius 2 is 1.53 bits per heavy atom. The van der Waals surface area contributed by atoms with Crippen LogP contribution < -0.4 is 0 Å². The van der Waals surface area contributed by atoms with E-state index in [1.54, 1.807) is 0 Å². The minimum absolute atomic E-state index is 0. The van der Waals surface area contributed by atoms with Crippen molar-refractivity contribution >= 4 is 10.8 Å². The second-order valence-corrected chi connectivity index (χ2v) is 10.8. The van der Waals surface area contributed by atoms with E-state index in [2.05, 4.69) is 69.9 Å². The smallest absolute Gasteiger partial charge is 0.0646 e. The molecule has 0 spiro atoms. The van der Waals surface area contributed by atoms with Crippen LogP contribution in [0, 0.1) is 35.7 Å². The number of fused-ring (bicyclic) bond motifs is 2. The van der Waals surface area contributed by atoms with Crippen LogP contribution in [0.4, 0.5) is 0 Å². The van der Waals surface area contributed by atoms with E-state index in [9.17, 15) is 10.2 Å². The van der Waals surface area contributed by atoms with Crippen molar-refractivity contribution in [2.24, 2.45) is 22.7 Å². The molecule has 173 valence electrons. The summed E-state index contributed by atoms with van der Waals surface area (Å²) < 4.78 is 0. The molecule has 2 aromatic carbocycles. The molecule has 2 unspecified atom stereocenters.